The summed E-state index contributed by atoms with van der Waals surface area (Å²) in [5, 5.41) is 27.4. The topological polar surface area (TPSA) is 165 Å². The van der Waals surface area contributed by atoms with Crippen LogP contribution >= 0.6 is 0 Å². The van der Waals surface area contributed by atoms with Gasteiger partial charge < -0.3 is 0 Å². The number of anilines is 1. The summed E-state index contributed by atoms with van der Waals surface area (Å²) in [6, 6.07) is 25.0. The van der Waals surface area contributed by atoms with E-state index in [4.69, 9.17) is 0 Å². The minimum Gasteiger partial charge on any atom is -0.274 e. The van der Waals surface area contributed by atoms with Gasteiger partial charge in [0.15, 0.2) is 0 Å². The van der Waals surface area contributed by atoms with E-state index in [2.05, 4.69) is 10.5 Å². The molecule has 0 aromatic heterocycles. The summed E-state index contributed by atoms with van der Waals surface area (Å²) in [5.41, 5.74) is 5.07. The number of rotatable bonds is 7. The number of hydrazone groups is 1. The summed E-state index contributed by atoms with van der Waals surface area (Å²) < 4.78 is 0. The Hall–Kier alpha value is -6.04. The van der Waals surface area contributed by atoms with Crippen LogP contribution in [0.3, 0.4) is 0 Å². The Labute approximate surface area is 261 Å². The highest BCUT2D eigenvalue weighted by Crippen LogP contribution is 2.64. The molecule has 3 aliphatic carbocycles. The number of nitrogens with one attached hydrogen (secondary N) is 1. The molecule has 1 fully saturated rings. The average Bonchev–Trinajstić information content (AvgIpc) is 3.31. The number of imide groups is 1. The monoisotopic (exact) mass is 615 g/mol. The van der Waals surface area contributed by atoms with Crippen molar-refractivity contribution in [3.63, 3.8) is 0 Å². The number of nitrogens with zero attached hydrogens (tertiary/aromatic N) is 4. The molecule has 2 bridgehead atoms. The van der Waals surface area contributed by atoms with E-state index in [1.54, 1.807) is 13.0 Å². The van der Waals surface area contributed by atoms with Gasteiger partial charge in [-0.15, -0.1) is 0 Å². The quantitative estimate of drug-likeness (QED) is 0.136. The lowest BCUT2D eigenvalue weighted by Crippen LogP contribution is -2.54. The third-order valence-corrected chi connectivity index (χ3v) is 9.22. The molecule has 228 valence electrons. The van der Waals surface area contributed by atoms with Gasteiger partial charge in [-0.05, 0) is 46.4 Å². The lowest BCUT2D eigenvalue weighted by Gasteiger charge is -2.52. The van der Waals surface area contributed by atoms with E-state index in [1.165, 1.54) is 42.6 Å². The summed E-state index contributed by atoms with van der Waals surface area (Å²) in [4.78, 5) is 64.7. The molecule has 4 aromatic rings. The van der Waals surface area contributed by atoms with Crippen LogP contribution in [-0.4, -0.2) is 33.8 Å². The highest BCUT2D eigenvalue weighted by atomic mass is 16.6. The second-order valence-electron chi connectivity index (χ2n) is 11.7. The molecule has 12 nitrogen and oxygen atoms in total. The van der Waals surface area contributed by atoms with Crippen LogP contribution in [0.2, 0.25) is 0 Å². The number of non-ortho nitro benzene ring substituents is 1. The summed E-state index contributed by atoms with van der Waals surface area (Å²) >= 11 is 0. The number of carbonyl (C=O) groups is 3. The van der Waals surface area contributed by atoms with Gasteiger partial charge in [0.25, 0.3) is 11.4 Å². The van der Waals surface area contributed by atoms with Crippen LogP contribution in [-0.2, 0) is 26.2 Å². The normalized spacial score (nSPS) is 22.4. The second kappa shape index (κ2) is 10.5. The first-order valence-electron chi connectivity index (χ1n) is 14.5. The molecule has 3 amide bonds. The smallest absolute Gasteiger partial charge is 0.274 e. The fourth-order valence-electron chi connectivity index (χ4n) is 7.42. The molecule has 0 unspecified atom stereocenters. The molecule has 0 spiro atoms. The number of amides is 3. The summed E-state index contributed by atoms with van der Waals surface area (Å²) in [6.45, 7) is 1.69. The van der Waals surface area contributed by atoms with Gasteiger partial charge in [-0.1, -0.05) is 66.7 Å². The van der Waals surface area contributed by atoms with Gasteiger partial charge in [0.2, 0.25) is 17.7 Å². The van der Waals surface area contributed by atoms with Gasteiger partial charge >= 0.3 is 0 Å². The maximum Gasteiger partial charge on any atom is 0.293 e. The summed E-state index contributed by atoms with van der Waals surface area (Å²) in [7, 11) is 0. The Balaban J connectivity index is 1.33. The molecule has 46 heavy (non-hydrogen) atoms. The molecule has 0 radical (unpaired) electrons. The number of nitro groups is 2. The van der Waals surface area contributed by atoms with Crippen molar-refractivity contribution in [2.75, 3.05) is 4.90 Å². The van der Waals surface area contributed by atoms with Crippen molar-refractivity contribution in [2.45, 2.75) is 24.7 Å². The number of benzene rings is 4. The van der Waals surface area contributed by atoms with Gasteiger partial charge in [-0.2, -0.15) is 5.10 Å². The van der Waals surface area contributed by atoms with Gasteiger partial charge in [0.05, 0.1) is 33.5 Å². The van der Waals surface area contributed by atoms with E-state index >= 15 is 0 Å². The Kier molecular flexibility index (Phi) is 6.58. The maximum atomic E-state index is 14.5. The number of aryl methyl sites for hydroxylation is 1. The zero-order valence-electron chi connectivity index (χ0n) is 24.3. The van der Waals surface area contributed by atoms with E-state index in [0.29, 0.717) is 11.1 Å². The predicted octanol–water partition coefficient (Wildman–Crippen LogP) is 4.71. The predicted molar refractivity (Wildman–Crippen MR) is 166 cm³/mol. The van der Waals surface area contributed by atoms with E-state index in [0.717, 1.165) is 27.2 Å². The lowest BCUT2D eigenvalue weighted by molar-refractivity contribution is -0.384. The Morgan fingerprint density at radius 2 is 1.52 bits per heavy atom. The number of hydrogen-bond donors (Lipinski definition) is 1. The van der Waals surface area contributed by atoms with Gasteiger partial charge in [-0.25, -0.2) is 10.3 Å². The van der Waals surface area contributed by atoms with Crippen molar-refractivity contribution in [2.24, 2.45) is 16.9 Å². The highest BCUT2D eigenvalue weighted by molar-refractivity contribution is 6.25. The lowest BCUT2D eigenvalue weighted by atomic mass is 9.47. The molecule has 1 N–H and O–H groups in total. The van der Waals surface area contributed by atoms with Crippen LogP contribution in [0.4, 0.5) is 17.1 Å². The van der Waals surface area contributed by atoms with Crippen molar-refractivity contribution in [1.29, 1.82) is 0 Å². The Morgan fingerprint density at radius 3 is 2.13 bits per heavy atom. The molecule has 1 saturated heterocycles. The van der Waals surface area contributed by atoms with E-state index in [9.17, 15) is 34.6 Å². The minimum absolute atomic E-state index is 0.0870. The first-order chi connectivity index (χ1) is 22.1. The highest BCUT2D eigenvalue weighted by Gasteiger charge is 2.68. The molecule has 4 aromatic carbocycles. The van der Waals surface area contributed by atoms with Crippen LogP contribution in [0.15, 0.2) is 96.1 Å². The Morgan fingerprint density at radius 1 is 0.891 bits per heavy atom. The average molecular weight is 616 g/mol. The molecule has 0 saturated carbocycles. The molecule has 12 heteroatoms. The fourth-order valence-corrected chi connectivity index (χ4v) is 7.42. The first kappa shape index (κ1) is 28.7. The number of nitro benzene ring substituents is 2. The summed E-state index contributed by atoms with van der Waals surface area (Å²) in [5.74, 6) is -3.95. The maximum absolute atomic E-state index is 14.5. The minimum atomic E-state index is -1.28. The van der Waals surface area contributed by atoms with E-state index < -0.39 is 50.7 Å². The van der Waals surface area contributed by atoms with Gasteiger partial charge in [0, 0.05) is 30.3 Å². The second-order valence-corrected chi connectivity index (χ2v) is 11.7. The van der Waals surface area contributed by atoms with Crippen LogP contribution in [0.1, 0.15) is 39.3 Å². The zero-order valence-corrected chi connectivity index (χ0v) is 24.3. The molecular formula is C34H25N5O7. The molecule has 1 heterocycles. The summed E-state index contributed by atoms with van der Waals surface area (Å²) in [6.07, 6.45) is 1.40. The SMILES string of the molecule is Cc1ccc(N2C(=O)[C@@H]3[C@@H](C2=O)C2c4ccccc4C3(/C=N\NC(=O)Cc3ccc([N+](=O)[O-])cc3)c3ccccc32)c([N+](=O)[O-])c1. The third-order valence-electron chi connectivity index (χ3n) is 9.22. The van der Waals surface area contributed by atoms with Gasteiger partial charge in [0.1, 0.15) is 5.69 Å². The van der Waals surface area contributed by atoms with Crippen molar-refractivity contribution in [3.05, 3.63) is 145 Å². The number of hydrogen-bond acceptors (Lipinski definition) is 8. The molecule has 2 atom stereocenters. The molecule has 8 rings (SSSR count). The third kappa shape index (κ3) is 4.14. The zero-order chi connectivity index (χ0) is 32.3. The first-order valence-corrected chi connectivity index (χ1v) is 14.5. The molecular weight excluding hydrogens is 590 g/mol. The van der Waals surface area contributed by atoms with Crippen LogP contribution < -0.4 is 10.3 Å². The fraction of sp³-hybridized carbons (Fsp3) is 0.176. The number of carbonyl (C=O) groups excluding carboxylic acids is 3. The van der Waals surface area contributed by atoms with Crippen LogP contribution in [0.5, 0.6) is 0 Å². The molecule has 1 aliphatic heterocycles. The van der Waals surface area contributed by atoms with Crippen molar-refractivity contribution in [3.8, 4) is 0 Å². The van der Waals surface area contributed by atoms with Crippen molar-refractivity contribution in [1.82, 2.24) is 5.43 Å². The van der Waals surface area contributed by atoms with E-state index in [-0.39, 0.29) is 23.5 Å². The van der Waals surface area contributed by atoms with Crippen molar-refractivity contribution < 1.29 is 24.2 Å². The largest absolute Gasteiger partial charge is 0.293 e. The molecule has 4 aliphatic rings. The van der Waals surface area contributed by atoms with Crippen LogP contribution in [0, 0.1) is 39.0 Å². The Bertz CT molecular complexity index is 1980. The standard InChI is InChI=1S/C34H25N5O7/c1-19-10-15-26(27(16-19)39(45)46)37-32(41)30-29-22-6-2-4-8-24(22)34(31(30)33(37)42,25-9-5-3-7-23(25)29)18-35-36-28(40)17-20-11-13-21(14-12-20)38(43)44/h2-16,18,29-31H,17H2,1H3,(H,36,40)/b35-18-/t29?,30-,31-,34?/m0/s1. The van der Waals surface area contributed by atoms with Crippen LogP contribution in [0.25, 0.3) is 0 Å². The van der Waals surface area contributed by atoms with E-state index in [1.807, 2.05) is 48.5 Å². The van der Waals surface area contributed by atoms with Crippen molar-refractivity contribution >= 4 is 41.0 Å². The van der Waals surface area contributed by atoms with Gasteiger partial charge in [-0.3, -0.25) is 34.6 Å².